The molecule has 0 atom stereocenters. The van der Waals surface area contributed by atoms with Gasteiger partial charge in [-0.05, 0) is 20.3 Å². The molecule has 1 fully saturated rings. The summed E-state index contributed by atoms with van der Waals surface area (Å²) in [6.45, 7) is 9.89. The van der Waals surface area contributed by atoms with Gasteiger partial charge in [-0.1, -0.05) is 13.3 Å². The second kappa shape index (κ2) is 8.63. The minimum atomic E-state index is -0.115. The number of nitrogens with zero attached hydrogens (tertiary/aromatic N) is 5. The van der Waals surface area contributed by atoms with E-state index in [9.17, 15) is 10.2 Å². The highest BCUT2D eigenvalue weighted by Gasteiger charge is 2.21. The van der Waals surface area contributed by atoms with Crippen molar-refractivity contribution in [2.45, 2.75) is 46.8 Å². The van der Waals surface area contributed by atoms with Crippen LogP contribution in [0.1, 0.15) is 41.7 Å². The predicted molar refractivity (Wildman–Crippen MR) is 105 cm³/mol. The third-order valence-electron chi connectivity index (χ3n) is 5.06. The molecule has 27 heavy (non-hydrogen) atoms. The normalized spacial score (nSPS) is 15.3. The van der Waals surface area contributed by atoms with Gasteiger partial charge < -0.3 is 15.1 Å². The zero-order valence-electron chi connectivity index (χ0n) is 16.4. The van der Waals surface area contributed by atoms with Gasteiger partial charge in [0.25, 0.3) is 0 Å². The number of aromatic nitrogens is 3. The molecule has 1 aliphatic heterocycles. The lowest BCUT2D eigenvalue weighted by atomic mass is 10.1. The summed E-state index contributed by atoms with van der Waals surface area (Å²) in [5.41, 5.74) is 3.17. The SMILES string of the molecule is CCCc1cc(N2CCN(Cc3c(CO)cnc(C)c3O)CC2)nc(C)n1. The van der Waals surface area contributed by atoms with Gasteiger partial charge in [0, 0.05) is 61.8 Å². The smallest absolute Gasteiger partial charge is 0.141 e. The quantitative estimate of drug-likeness (QED) is 0.803. The van der Waals surface area contributed by atoms with E-state index >= 15 is 0 Å². The molecule has 3 rings (SSSR count). The Bertz CT molecular complexity index is 788. The van der Waals surface area contributed by atoms with Crippen LogP contribution in [-0.2, 0) is 19.6 Å². The highest BCUT2D eigenvalue weighted by molar-refractivity contribution is 5.42. The summed E-state index contributed by atoms with van der Waals surface area (Å²) in [6.07, 6.45) is 3.70. The van der Waals surface area contributed by atoms with Crippen molar-refractivity contribution in [2.24, 2.45) is 0 Å². The first-order valence-electron chi connectivity index (χ1n) is 9.60. The fraction of sp³-hybridized carbons (Fsp3) is 0.550. The first-order valence-corrected chi connectivity index (χ1v) is 9.60. The number of aliphatic hydroxyl groups excluding tert-OH is 1. The zero-order chi connectivity index (χ0) is 19.4. The molecule has 7 nitrogen and oxygen atoms in total. The first-order chi connectivity index (χ1) is 13.0. The lowest BCUT2D eigenvalue weighted by molar-refractivity contribution is 0.238. The third kappa shape index (κ3) is 4.54. The molecule has 0 amide bonds. The summed E-state index contributed by atoms with van der Waals surface area (Å²) in [5.74, 6) is 2.02. The Morgan fingerprint density at radius 2 is 1.85 bits per heavy atom. The lowest BCUT2D eigenvalue weighted by Crippen LogP contribution is -2.46. The van der Waals surface area contributed by atoms with Gasteiger partial charge >= 0.3 is 0 Å². The summed E-state index contributed by atoms with van der Waals surface area (Å²) in [5, 5.41) is 19.9. The summed E-state index contributed by atoms with van der Waals surface area (Å²) in [4.78, 5) is 17.9. The van der Waals surface area contributed by atoms with Crippen LogP contribution >= 0.6 is 0 Å². The van der Waals surface area contributed by atoms with Gasteiger partial charge in [0.1, 0.15) is 17.4 Å². The Labute approximate surface area is 160 Å². The Morgan fingerprint density at radius 1 is 1.11 bits per heavy atom. The van der Waals surface area contributed by atoms with Gasteiger partial charge in [0.2, 0.25) is 0 Å². The highest BCUT2D eigenvalue weighted by Crippen LogP contribution is 2.26. The Morgan fingerprint density at radius 3 is 2.52 bits per heavy atom. The van der Waals surface area contributed by atoms with E-state index in [4.69, 9.17) is 0 Å². The molecule has 1 saturated heterocycles. The topological polar surface area (TPSA) is 85.6 Å². The van der Waals surface area contributed by atoms with E-state index in [0.29, 0.717) is 17.8 Å². The van der Waals surface area contributed by atoms with Crippen LogP contribution in [0.2, 0.25) is 0 Å². The van der Waals surface area contributed by atoms with Gasteiger partial charge in [0.05, 0.1) is 12.3 Å². The number of aromatic hydroxyl groups is 1. The Kier molecular flexibility index (Phi) is 6.23. The summed E-state index contributed by atoms with van der Waals surface area (Å²) >= 11 is 0. The standard InChI is InChI=1S/C20H29N5O2/c1-4-5-17-10-19(23-15(3)22-17)25-8-6-24(7-9-25)12-18-16(13-26)11-21-14(2)20(18)27/h10-11,26-27H,4-9,12-13H2,1-3H3. The predicted octanol–water partition coefficient (Wildman–Crippen LogP) is 1.96. The number of aryl methyl sites for hydroxylation is 3. The van der Waals surface area contributed by atoms with Crippen molar-refractivity contribution in [1.82, 2.24) is 19.9 Å². The number of piperazine rings is 1. The van der Waals surface area contributed by atoms with Crippen molar-refractivity contribution in [2.75, 3.05) is 31.1 Å². The molecule has 0 unspecified atom stereocenters. The number of aliphatic hydroxyl groups is 1. The molecule has 2 N–H and O–H groups in total. The Hall–Kier alpha value is -2.25. The maximum Gasteiger partial charge on any atom is 0.141 e. The Balaban J connectivity index is 1.67. The minimum Gasteiger partial charge on any atom is -0.506 e. The van der Waals surface area contributed by atoms with Crippen molar-refractivity contribution in [1.29, 1.82) is 0 Å². The molecule has 0 radical (unpaired) electrons. The molecule has 0 spiro atoms. The van der Waals surface area contributed by atoms with Crippen molar-refractivity contribution in [3.05, 3.63) is 40.6 Å². The lowest BCUT2D eigenvalue weighted by Gasteiger charge is -2.36. The molecular weight excluding hydrogens is 342 g/mol. The number of anilines is 1. The maximum atomic E-state index is 10.4. The zero-order valence-corrected chi connectivity index (χ0v) is 16.4. The van der Waals surface area contributed by atoms with E-state index in [1.165, 1.54) is 0 Å². The van der Waals surface area contributed by atoms with Crippen LogP contribution in [0.4, 0.5) is 5.82 Å². The van der Waals surface area contributed by atoms with Gasteiger partial charge in [-0.25, -0.2) is 9.97 Å². The van der Waals surface area contributed by atoms with Gasteiger partial charge in [-0.3, -0.25) is 9.88 Å². The fourth-order valence-corrected chi connectivity index (χ4v) is 3.51. The molecule has 0 saturated carbocycles. The van der Waals surface area contributed by atoms with E-state index < -0.39 is 0 Å². The monoisotopic (exact) mass is 371 g/mol. The van der Waals surface area contributed by atoms with Crippen molar-refractivity contribution < 1.29 is 10.2 Å². The van der Waals surface area contributed by atoms with Crippen LogP contribution in [0.25, 0.3) is 0 Å². The third-order valence-corrected chi connectivity index (χ3v) is 5.06. The van der Waals surface area contributed by atoms with Gasteiger partial charge in [-0.2, -0.15) is 0 Å². The van der Waals surface area contributed by atoms with Crippen molar-refractivity contribution in [3.63, 3.8) is 0 Å². The summed E-state index contributed by atoms with van der Waals surface area (Å²) < 4.78 is 0. The number of hydrogen-bond acceptors (Lipinski definition) is 7. The van der Waals surface area contributed by atoms with E-state index in [1.807, 2.05) is 6.92 Å². The second-order valence-corrected chi connectivity index (χ2v) is 7.13. The molecule has 0 bridgehead atoms. The molecule has 2 aromatic heterocycles. The molecule has 0 aromatic carbocycles. The van der Waals surface area contributed by atoms with Crippen LogP contribution in [0, 0.1) is 13.8 Å². The number of pyridine rings is 1. The fourth-order valence-electron chi connectivity index (χ4n) is 3.51. The van der Waals surface area contributed by atoms with Crippen LogP contribution in [0.5, 0.6) is 5.75 Å². The average molecular weight is 371 g/mol. The van der Waals surface area contributed by atoms with E-state index in [1.54, 1.807) is 13.1 Å². The minimum absolute atomic E-state index is 0.115. The molecule has 146 valence electrons. The summed E-state index contributed by atoms with van der Waals surface area (Å²) in [7, 11) is 0. The van der Waals surface area contributed by atoms with Crippen molar-refractivity contribution in [3.8, 4) is 5.75 Å². The van der Waals surface area contributed by atoms with Gasteiger partial charge in [-0.15, -0.1) is 0 Å². The number of hydrogen-bond donors (Lipinski definition) is 2. The molecular formula is C20H29N5O2. The van der Waals surface area contributed by atoms with Crippen LogP contribution in [0.3, 0.4) is 0 Å². The second-order valence-electron chi connectivity index (χ2n) is 7.13. The number of rotatable bonds is 6. The van der Waals surface area contributed by atoms with Crippen LogP contribution < -0.4 is 4.90 Å². The molecule has 2 aromatic rings. The first kappa shape index (κ1) is 19.5. The molecule has 3 heterocycles. The highest BCUT2D eigenvalue weighted by atomic mass is 16.3. The average Bonchev–Trinajstić information content (AvgIpc) is 2.66. The van der Waals surface area contributed by atoms with E-state index in [2.05, 4.69) is 37.7 Å². The summed E-state index contributed by atoms with van der Waals surface area (Å²) in [6, 6.07) is 2.11. The van der Waals surface area contributed by atoms with Crippen molar-refractivity contribution >= 4 is 5.82 Å². The largest absolute Gasteiger partial charge is 0.506 e. The van der Waals surface area contributed by atoms with E-state index in [-0.39, 0.29) is 12.4 Å². The molecule has 1 aliphatic rings. The molecule has 0 aliphatic carbocycles. The van der Waals surface area contributed by atoms with E-state index in [0.717, 1.165) is 61.9 Å². The van der Waals surface area contributed by atoms with Crippen LogP contribution in [-0.4, -0.2) is 56.2 Å². The maximum absolute atomic E-state index is 10.4. The molecule has 7 heteroatoms. The van der Waals surface area contributed by atoms with Gasteiger partial charge in [0.15, 0.2) is 0 Å². The van der Waals surface area contributed by atoms with Crippen LogP contribution in [0.15, 0.2) is 12.3 Å².